The standard InChI is InChI=1S/C13H20BrNO2S/c1-5-17-7-10(8(2)3)15-13(16)11-6-9(4)12(14)18-11/h6,8,10H,5,7H2,1-4H3,(H,15,16). The number of halogens is 1. The third-order valence-electron chi connectivity index (χ3n) is 2.70. The second kappa shape index (κ2) is 7.26. The topological polar surface area (TPSA) is 38.3 Å². The van der Waals surface area contributed by atoms with E-state index in [1.165, 1.54) is 11.3 Å². The highest BCUT2D eigenvalue weighted by Gasteiger charge is 2.19. The minimum absolute atomic E-state index is 0.0211. The second-order valence-electron chi connectivity index (χ2n) is 4.55. The Morgan fingerprint density at radius 3 is 2.67 bits per heavy atom. The fraction of sp³-hybridized carbons (Fsp3) is 0.615. The van der Waals surface area contributed by atoms with E-state index < -0.39 is 0 Å². The monoisotopic (exact) mass is 333 g/mol. The maximum Gasteiger partial charge on any atom is 0.261 e. The van der Waals surface area contributed by atoms with Crippen LogP contribution in [0.25, 0.3) is 0 Å². The summed E-state index contributed by atoms with van der Waals surface area (Å²) >= 11 is 4.90. The molecule has 3 nitrogen and oxygen atoms in total. The minimum atomic E-state index is -0.0211. The molecule has 0 radical (unpaired) electrons. The fourth-order valence-corrected chi connectivity index (χ4v) is 2.89. The van der Waals surface area contributed by atoms with E-state index in [4.69, 9.17) is 4.74 Å². The van der Waals surface area contributed by atoms with E-state index in [0.717, 1.165) is 14.2 Å². The first kappa shape index (κ1) is 15.7. The lowest BCUT2D eigenvalue weighted by Crippen LogP contribution is -2.41. The van der Waals surface area contributed by atoms with Gasteiger partial charge in [0, 0.05) is 6.61 Å². The average Bonchev–Trinajstić information content (AvgIpc) is 2.64. The van der Waals surface area contributed by atoms with Crippen LogP contribution in [0.15, 0.2) is 9.85 Å². The summed E-state index contributed by atoms with van der Waals surface area (Å²) in [7, 11) is 0. The van der Waals surface area contributed by atoms with E-state index in [0.29, 0.717) is 19.1 Å². The molecule has 0 saturated heterocycles. The molecule has 0 aliphatic carbocycles. The van der Waals surface area contributed by atoms with Crippen LogP contribution < -0.4 is 5.32 Å². The first-order valence-electron chi connectivity index (χ1n) is 6.10. The number of aryl methyl sites for hydroxylation is 1. The van der Waals surface area contributed by atoms with Gasteiger partial charge in [0.1, 0.15) is 0 Å². The second-order valence-corrected chi connectivity index (χ2v) is 6.92. The van der Waals surface area contributed by atoms with Crippen LogP contribution in [-0.4, -0.2) is 25.2 Å². The SMILES string of the molecule is CCOCC(NC(=O)c1cc(C)c(Br)s1)C(C)C. The van der Waals surface area contributed by atoms with Gasteiger partial charge in [0.15, 0.2) is 0 Å². The van der Waals surface area contributed by atoms with Crippen molar-refractivity contribution in [2.24, 2.45) is 5.92 Å². The quantitative estimate of drug-likeness (QED) is 0.863. The molecule has 0 saturated carbocycles. The Morgan fingerprint density at radius 1 is 1.56 bits per heavy atom. The zero-order valence-corrected chi connectivity index (χ0v) is 13.7. The summed E-state index contributed by atoms with van der Waals surface area (Å²) < 4.78 is 6.41. The predicted molar refractivity (Wildman–Crippen MR) is 79.3 cm³/mol. The lowest BCUT2D eigenvalue weighted by atomic mass is 10.1. The Bertz CT molecular complexity index is 384. The molecule has 1 aromatic heterocycles. The molecule has 5 heteroatoms. The summed E-state index contributed by atoms with van der Waals surface area (Å²) in [4.78, 5) is 12.8. The third kappa shape index (κ3) is 4.37. The minimum Gasteiger partial charge on any atom is -0.380 e. The van der Waals surface area contributed by atoms with E-state index in [2.05, 4.69) is 35.1 Å². The summed E-state index contributed by atoms with van der Waals surface area (Å²) in [6, 6.07) is 1.96. The van der Waals surface area contributed by atoms with E-state index >= 15 is 0 Å². The summed E-state index contributed by atoms with van der Waals surface area (Å²) in [5, 5.41) is 3.03. The molecule has 1 atom stereocenters. The van der Waals surface area contributed by atoms with Crippen LogP contribution in [-0.2, 0) is 4.74 Å². The van der Waals surface area contributed by atoms with Crippen LogP contribution in [0.5, 0.6) is 0 Å². The zero-order valence-electron chi connectivity index (χ0n) is 11.2. The van der Waals surface area contributed by atoms with Crippen molar-refractivity contribution in [3.8, 4) is 0 Å². The number of hydrogen-bond donors (Lipinski definition) is 1. The Kier molecular flexibility index (Phi) is 6.32. The molecule has 0 aliphatic heterocycles. The van der Waals surface area contributed by atoms with Gasteiger partial charge in [-0.15, -0.1) is 11.3 Å². The number of carbonyl (C=O) groups is 1. The fourth-order valence-electron chi connectivity index (χ4n) is 1.46. The van der Waals surface area contributed by atoms with Gasteiger partial charge in [-0.2, -0.15) is 0 Å². The van der Waals surface area contributed by atoms with Gasteiger partial charge < -0.3 is 10.1 Å². The van der Waals surface area contributed by atoms with Crippen LogP contribution >= 0.6 is 27.3 Å². The maximum atomic E-state index is 12.1. The van der Waals surface area contributed by atoms with E-state index in [9.17, 15) is 4.79 Å². The van der Waals surface area contributed by atoms with Gasteiger partial charge in [-0.1, -0.05) is 13.8 Å². The highest BCUT2D eigenvalue weighted by Crippen LogP contribution is 2.27. The summed E-state index contributed by atoms with van der Waals surface area (Å²) in [6.07, 6.45) is 0. The van der Waals surface area contributed by atoms with Crippen LogP contribution in [0.2, 0.25) is 0 Å². The molecule has 0 aliphatic rings. The molecule has 1 unspecified atom stereocenters. The third-order valence-corrected chi connectivity index (χ3v) is 4.84. The number of nitrogens with one attached hydrogen (secondary N) is 1. The van der Waals surface area contributed by atoms with Crippen molar-refractivity contribution in [2.45, 2.75) is 33.7 Å². The normalized spacial score (nSPS) is 12.8. The molecular weight excluding hydrogens is 314 g/mol. The lowest BCUT2D eigenvalue weighted by molar-refractivity contribution is 0.0809. The van der Waals surface area contributed by atoms with Gasteiger partial charge in [0.25, 0.3) is 5.91 Å². The summed E-state index contributed by atoms with van der Waals surface area (Å²) in [5.74, 6) is 0.331. The molecule has 1 heterocycles. The largest absolute Gasteiger partial charge is 0.380 e. The molecule has 0 bridgehead atoms. The Hall–Kier alpha value is -0.390. The Balaban J connectivity index is 2.66. The van der Waals surface area contributed by atoms with Crippen molar-refractivity contribution < 1.29 is 9.53 Å². The Morgan fingerprint density at radius 2 is 2.22 bits per heavy atom. The Labute approximate surface area is 121 Å². The maximum absolute atomic E-state index is 12.1. The molecule has 18 heavy (non-hydrogen) atoms. The summed E-state index contributed by atoms with van der Waals surface area (Å²) in [5.41, 5.74) is 1.09. The van der Waals surface area contributed by atoms with Gasteiger partial charge >= 0.3 is 0 Å². The van der Waals surface area contributed by atoms with Crippen LogP contribution in [0.4, 0.5) is 0 Å². The highest BCUT2D eigenvalue weighted by atomic mass is 79.9. The van der Waals surface area contributed by atoms with E-state index in [-0.39, 0.29) is 11.9 Å². The number of carbonyl (C=O) groups excluding carboxylic acids is 1. The molecule has 1 N–H and O–H groups in total. The van der Waals surface area contributed by atoms with Crippen LogP contribution in [0.3, 0.4) is 0 Å². The molecule has 1 aromatic rings. The van der Waals surface area contributed by atoms with Crippen LogP contribution in [0, 0.1) is 12.8 Å². The molecule has 0 fully saturated rings. The summed E-state index contributed by atoms with van der Waals surface area (Å²) in [6.45, 7) is 9.34. The smallest absolute Gasteiger partial charge is 0.261 e. The first-order valence-corrected chi connectivity index (χ1v) is 7.71. The van der Waals surface area contributed by atoms with Gasteiger partial charge in [0.2, 0.25) is 0 Å². The van der Waals surface area contributed by atoms with Crippen molar-refractivity contribution in [2.75, 3.05) is 13.2 Å². The van der Waals surface area contributed by atoms with Crippen molar-refractivity contribution in [3.05, 3.63) is 20.3 Å². The molecule has 0 spiro atoms. The number of amides is 1. The van der Waals surface area contributed by atoms with Crippen molar-refractivity contribution in [1.29, 1.82) is 0 Å². The predicted octanol–water partition coefficient (Wildman–Crippen LogP) is 3.61. The number of rotatable bonds is 6. The van der Waals surface area contributed by atoms with Crippen molar-refractivity contribution >= 4 is 33.2 Å². The zero-order chi connectivity index (χ0) is 13.7. The molecular formula is C13H20BrNO2S. The van der Waals surface area contributed by atoms with Gasteiger partial charge in [-0.3, -0.25) is 4.79 Å². The van der Waals surface area contributed by atoms with Gasteiger partial charge in [0.05, 0.1) is 21.3 Å². The molecule has 102 valence electrons. The number of ether oxygens (including phenoxy) is 1. The van der Waals surface area contributed by atoms with Crippen molar-refractivity contribution in [3.63, 3.8) is 0 Å². The lowest BCUT2D eigenvalue weighted by Gasteiger charge is -2.21. The first-order chi connectivity index (χ1) is 8.45. The molecule has 1 amide bonds. The number of hydrogen-bond acceptors (Lipinski definition) is 3. The van der Waals surface area contributed by atoms with E-state index in [1.807, 2.05) is 19.9 Å². The van der Waals surface area contributed by atoms with Crippen LogP contribution in [0.1, 0.15) is 36.0 Å². The molecule has 0 aromatic carbocycles. The van der Waals surface area contributed by atoms with E-state index in [1.54, 1.807) is 0 Å². The number of thiophene rings is 1. The highest BCUT2D eigenvalue weighted by molar-refractivity contribution is 9.11. The van der Waals surface area contributed by atoms with Gasteiger partial charge in [-0.25, -0.2) is 0 Å². The van der Waals surface area contributed by atoms with Crippen molar-refractivity contribution in [1.82, 2.24) is 5.32 Å². The van der Waals surface area contributed by atoms with Gasteiger partial charge in [-0.05, 0) is 47.3 Å². The molecule has 1 rings (SSSR count). The average molecular weight is 334 g/mol.